The molecule has 7 nitrogen and oxygen atoms in total. The van der Waals surface area contributed by atoms with E-state index in [4.69, 9.17) is 10.5 Å². The summed E-state index contributed by atoms with van der Waals surface area (Å²) < 4.78 is 33.3. The van der Waals surface area contributed by atoms with Gasteiger partial charge in [0.25, 0.3) is 5.91 Å². The number of carbonyl (C=O) groups excluding carboxylic acids is 1. The van der Waals surface area contributed by atoms with Crippen LogP contribution in [0.3, 0.4) is 0 Å². The third-order valence-corrected chi connectivity index (χ3v) is 6.69. The van der Waals surface area contributed by atoms with Gasteiger partial charge in [0.2, 0.25) is 10.0 Å². The molecule has 0 bridgehead atoms. The molecule has 0 radical (unpaired) electrons. The number of piperidine rings is 1. The summed E-state index contributed by atoms with van der Waals surface area (Å²) >= 11 is 0. The Morgan fingerprint density at radius 3 is 2.41 bits per heavy atom. The topological polar surface area (TPSA) is 102 Å². The second kappa shape index (κ2) is 8.16. The molecular weight excluding hydrogens is 366 g/mol. The number of nitrogens with one attached hydrogen (secondary N) is 1. The third kappa shape index (κ3) is 5.00. The van der Waals surface area contributed by atoms with Crippen LogP contribution in [0.25, 0.3) is 0 Å². The van der Waals surface area contributed by atoms with Crippen molar-refractivity contribution in [3.8, 4) is 5.75 Å². The van der Waals surface area contributed by atoms with E-state index in [0.717, 1.165) is 6.42 Å². The Balaban J connectivity index is 2.41. The van der Waals surface area contributed by atoms with E-state index in [-0.39, 0.29) is 40.5 Å². The maximum atomic E-state index is 13.3. The number of hydrogen-bond donors (Lipinski definition) is 2. The summed E-state index contributed by atoms with van der Waals surface area (Å²) in [5.41, 5.74) is 5.33. The summed E-state index contributed by atoms with van der Waals surface area (Å²) in [6, 6.07) is 4.47. The van der Waals surface area contributed by atoms with Crippen molar-refractivity contribution in [2.24, 2.45) is 17.6 Å². The van der Waals surface area contributed by atoms with E-state index in [1.807, 2.05) is 27.7 Å². The number of sulfonamides is 1. The third-order valence-electron chi connectivity index (χ3n) is 4.84. The molecule has 2 unspecified atom stereocenters. The Morgan fingerprint density at radius 1 is 1.30 bits per heavy atom. The van der Waals surface area contributed by atoms with Gasteiger partial charge in [-0.25, -0.2) is 8.42 Å². The highest BCUT2D eigenvalue weighted by Crippen LogP contribution is 2.32. The lowest BCUT2D eigenvalue weighted by atomic mass is 9.94. The number of benzene rings is 1. The highest BCUT2D eigenvalue weighted by atomic mass is 32.2. The normalized spacial score (nSPS) is 21.7. The molecule has 0 saturated carbocycles. The summed E-state index contributed by atoms with van der Waals surface area (Å²) in [6.45, 7) is 8.91. The van der Waals surface area contributed by atoms with Crippen LogP contribution in [-0.2, 0) is 10.0 Å². The van der Waals surface area contributed by atoms with Crippen molar-refractivity contribution in [1.82, 2.24) is 9.62 Å². The molecule has 27 heavy (non-hydrogen) atoms. The molecule has 1 fully saturated rings. The van der Waals surface area contributed by atoms with Crippen LogP contribution in [0.1, 0.15) is 44.5 Å². The van der Waals surface area contributed by atoms with E-state index in [1.165, 1.54) is 23.5 Å². The first-order valence-corrected chi connectivity index (χ1v) is 10.6. The minimum absolute atomic E-state index is 0.0181. The monoisotopic (exact) mass is 397 g/mol. The van der Waals surface area contributed by atoms with Gasteiger partial charge >= 0.3 is 0 Å². The zero-order chi connectivity index (χ0) is 20.4. The van der Waals surface area contributed by atoms with E-state index in [2.05, 4.69) is 5.32 Å². The fourth-order valence-electron chi connectivity index (χ4n) is 3.39. The molecule has 0 aromatic heterocycles. The first-order valence-electron chi connectivity index (χ1n) is 9.21. The Bertz CT molecular complexity index is 782. The van der Waals surface area contributed by atoms with E-state index in [9.17, 15) is 13.2 Å². The Morgan fingerprint density at radius 2 is 1.89 bits per heavy atom. The number of amides is 1. The quantitative estimate of drug-likeness (QED) is 0.762. The molecule has 1 aromatic rings. The Labute approximate surface area is 162 Å². The van der Waals surface area contributed by atoms with Gasteiger partial charge in [-0.05, 0) is 50.3 Å². The number of rotatable bonds is 6. The molecule has 2 atom stereocenters. The molecule has 8 heteroatoms. The van der Waals surface area contributed by atoms with Crippen molar-refractivity contribution in [2.45, 2.75) is 44.6 Å². The van der Waals surface area contributed by atoms with Crippen LogP contribution in [0.4, 0.5) is 0 Å². The van der Waals surface area contributed by atoms with Crippen LogP contribution >= 0.6 is 0 Å². The van der Waals surface area contributed by atoms with Crippen molar-refractivity contribution in [3.63, 3.8) is 0 Å². The SMILES string of the molecule is COc1ccc(C(=O)NC(C)(C)CN)cc1S(=O)(=O)N1CC(C)CC(C)C1. The highest BCUT2D eigenvalue weighted by Gasteiger charge is 2.34. The fraction of sp³-hybridized carbons (Fsp3) is 0.632. The van der Waals surface area contributed by atoms with E-state index < -0.39 is 15.6 Å². The zero-order valence-electron chi connectivity index (χ0n) is 16.8. The first-order chi connectivity index (χ1) is 12.5. The molecule has 0 spiro atoms. The van der Waals surface area contributed by atoms with Gasteiger partial charge in [-0.15, -0.1) is 0 Å². The summed E-state index contributed by atoms with van der Waals surface area (Å²) in [5.74, 6) is 0.429. The average Bonchev–Trinajstić information content (AvgIpc) is 2.60. The lowest BCUT2D eigenvalue weighted by Gasteiger charge is -2.34. The number of nitrogens with two attached hydrogens (primary N) is 1. The maximum Gasteiger partial charge on any atom is 0.251 e. The molecule has 1 aromatic carbocycles. The Kier molecular flexibility index (Phi) is 6.55. The number of ether oxygens (including phenoxy) is 1. The Hall–Kier alpha value is -1.64. The van der Waals surface area contributed by atoms with Gasteiger partial charge in [0, 0.05) is 30.7 Å². The van der Waals surface area contributed by atoms with Crippen molar-refractivity contribution in [3.05, 3.63) is 23.8 Å². The van der Waals surface area contributed by atoms with Gasteiger partial charge in [-0.3, -0.25) is 4.79 Å². The lowest BCUT2D eigenvalue weighted by molar-refractivity contribution is 0.0915. The van der Waals surface area contributed by atoms with Crippen LogP contribution < -0.4 is 15.8 Å². The van der Waals surface area contributed by atoms with Crippen LogP contribution in [0.15, 0.2) is 23.1 Å². The average molecular weight is 398 g/mol. The molecule has 152 valence electrons. The second-order valence-corrected chi connectivity index (χ2v) is 10.1. The van der Waals surface area contributed by atoms with E-state index in [0.29, 0.717) is 13.1 Å². The largest absolute Gasteiger partial charge is 0.495 e. The predicted molar refractivity (Wildman–Crippen MR) is 105 cm³/mol. The smallest absolute Gasteiger partial charge is 0.251 e. The molecule has 3 N–H and O–H groups in total. The number of hydrogen-bond acceptors (Lipinski definition) is 5. The van der Waals surface area contributed by atoms with Gasteiger partial charge < -0.3 is 15.8 Å². The summed E-state index contributed by atoms with van der Waals surface area (Å²) in [4.78, 5) is 12.6. The van der Waals surface area contributed by atoms with Gasteiger partial charge in [-0.1, -0.05) is 13.8 Å². The standard InChI is InChI=1S/C19H31N3O4S/c1-13-8-14(2)11-22(10-13)27(24,25)17-9-15(6-7-16(17)26-5)18(23)21-19(3,4)12-20/h6-7,9,13-14H,8,10-12,20H2,1-5H3,(H,21,23). The molecular formula is C19H31N3O4S. The molecule has 0 aliphatic carbocycles. The van der Waals surface area contributed by atoms with Crippen LogP contribution in [0.5, 0.6) is 5.75 Å². The second-order valence-electron chi connectivity index (χ2n) is 8.18. The van der Waals surface area contributed by atoms with Crippen molar-refractivity contribution in [1.29, 1.82) is 0 Å². The minimum Gasteiger partial charge on any atom is -0.495 e. The lowest BCUT2D eigenvalue weighted by Crippen LogP contribution is -2.48. The number of nitrogens with zero attached hydrogens (tertiary/aromatic N) is 1. The molecule has 1 aliphatic heterocycles. The summed E-state index contributed by atoms with van der Waals surface area (Å²) in [7, 11) is -2.35. The van der Waals surface area contributed by atoms with Crippen molar-refractivity contribution < 1.29 is 17.9 Å². The number of carbonyl (C=O) groups is 1. The highest BCUT2D eigenvalue weighted by molar-refractivity contribution is 7.89. The van der Waals surface area contributed by atoms with Gasteiger partial charge in [0.05, 0.1) is 7.11 Å². The van der Waals surface area contributed by atoms with Gasteiger partial charge in [-0.2, -0.15) is 4.31 Å². The van der Waals surface area contributed by atoms with E-state index >= 15 is 0 Å². The first kappa shape index (κ1) is 21.7. The molecule has 1 aliphatic rings. The number of methoxy groups -OCH3 is 1. The zero-order valence-corrected chi connectivity index (χ0v) is 17.6. The van der Waals surface area contributed by atoms with Crippen molar-refractivity contribution >= 4 is 15.9 Å². The van der Waals surface area contributed by atoms with Gasteiger partial charge in [0.15, 0.2) is 0 Å². The van der Waals surface area contributed by atoms with Crippen LogP contribution in [0, 0.1) is 11.8 Å². The molecule has 2 rings (SSSR count). The van der Waals surface area contributed by atoms with Crippen LogP contribution in [0.2, 0.25) is 0 Å². The van der Waals surface area contributed by atoms with Gasteiger partial charge in [0.1, 0.15) is 10.6 Å². The summed E-state index contributed by atoms with van der Waals surface area (Å²) in [5, 5.41) is 2.82. The van der Waals surface area contributed by atoms with E-state index in [1.54, 1.807) is 6.07 Å². The predicted octanol–water partition coefficient (Wildman–Crippen LogP) is 1.83. The van der Waals surface area contributed by atoms with Crippen LogP contribution in [-0.4, -0.2) is 50.9 Å². The summed E-state index contributed by atoms with van der Waals surface area (Å²) in [6.07, 6.45) is 1.000. The molecule has 1 heterocycles. The molecule has 1 saturated heterocycles. The minimum atomic E-state index is -3.77. The van der Waals surface area contributed by atoms with Crippen molar-refractivity contribution in [2.75, 3.05) is 26.7 Å². The molecule has 1 amide bonds. The fourth-order valence-corrected chi connectivity index (χ4v) is 5.25. The maximum absolute atomic E-state index is 13.3.